The Labute approximate surface area is 112 Å². The van der Waals surface area contributed by atoms with Crippen LogP contribution in [0, 0.1) is 0 Å². The average Bonchev–Trinajstić information content (AvgIpc) is 2.82. The fraction of sp³-hybridized carbons (Fsp3) is 0.769. The van der Waals surface area contributed by atoms with E-state index in [0.29, 0.717) is 12.2 Å². The summed E-state index contributed by atoms with van der Waals surface area (Å²) in [5, 5.41) is 13.8. The first-order chi connectivity index (χ1) is 9.16. The number of likely N-dealkylation sites (tertiary alicyclic amines) is 1. The van der Waals surface area contributed by atoms with Gasteiger partial charge in [-0.2, -0.15) is 5.10 Å². The van der Waals surface area contributed by atoms with Gasteiger partial charge in [0.05, 0.1) is 6.04 Å². The van der Waals surface area contributed by atoms with Crippen LogP contribution in [0.25, 0.3) is 0 Å². The van der Waals surface area contributed by atoms with Crippen molar-refractivity contribution < 1.29 is 9.90 Å². The summed E-state index contributed by atoms with van der Waals surface area (Å²) in [5.41, 5.74) is 0. The van der Waals surface area contributed by atoms with E-state index in [0.717, 1.165) is 31.8 Å². The van der Waals surface area contributed by atoms with Crippen LogP contribution in [0.15, 0.2) is 0 Å². The van der Waals surface area contributed by atoms with E-state index in [-0.39, 0.29) is 6.04 Å². The number of aromatic nitrogens is 3. The number of aliphatic carboxylic acids is 1. The van der Waals surface area contributed by atoms with Crippen LogP contribution in [0.2, 0.25) is 0 Å². The minimum absolute atomic E-state index is 0.251. The fourth-order valence-corrected chi connectivity index (χ4v) is 3.15. The summed E-state index contributed by atoms with van der Waals surface area (Å²) < 4.78 is 1.81. The summed E-state index contributed by atoms with van der Waals surface area (Å²) in [4.78, 5) is 18.1. The predicted molar refractivity (Wildman–Crippen MR) is 68.9 cm³/mol. The van der Waals surface area contributed by atoms with Gasteiger partial charge in [0.1, 0.15) is 11.7 Å². The van der Waals surface area contributed by atoms with Crippen LogP contribution in [0.3, 0.4) is 0 Å². The number of hydrogen-bond acceptors (Lipinski definition) is 4. The van der Waals surface area contributed by atoms with Crippen molar-refractivity contribution in [1.29, 1.82) is 0 Å². The third-order valence-corrected chi connectivity index (χ3v) is 4.26. The lowest BCUT2D eigenvalue weighted by atomic mass is 9.99. The van der Waals surface area contributed by atoms with E-state index in [1.165, 1.54) is 12.8 Å². The standard InChI is InChI=1S/C13H20N4O2/c1-16-7-3-2-6-10(16)11-14-12-9(13(18)19)5-4-8-17(12)15-11/h9-10H,2-8H2,1H3,(H,18,19). The number of rotatable bonds is 2. The topological polar surface area (TPSA) is 71.2 Å². The molecular formula is C13H20N4O2. The van der Waals surface area contributed by atoms with Crippen molar-refractivity contribution in [3.8, 4) is 0 Å². The van der Waals surface area contributed by atoms with Crippen LogP contribution in [-0.4, -0.2) is 44.3 Å². The molecule has 0 bridgehead atoms. The van der Waals surface area contributed by atoms with Crippen molar-refractivity contribution in [3.63, 3.8) is 0 Å². The maximum absolute atomic E-state index is 11.3. The number of carboxylic acid groups (broad SMARTS) is 1. The molecular weight excluding hydrogens is 244 g/mol. The molecule has 2 aliphatic rings. The van der Waals surface area contributed by atoms with Gasteiger partial charge in [-0.15, -0.1) is 0 Å². The van der Waals surface area contributed by atoms with Gasteiger partial charge in [0, 0.05) is 6.54 Å². The number of hydrogen-bond donors (Lipinski definition) is 1. The largest absolute Gasteiger partial charge is 0.481 e. The summed E-state index contributed by atoms with van der Waals surface area (Å²) >= 11 is 0. The number of aryl methyl sites for hydroxylation is 1. The lowest BCUT2D eigenvalue weighted by Crippen LogP contribution is -2.30. The quantitative estimate of drug-likeness (QED) is 0.874. The monoisotopic (exact) mass is 264 g/mol. The Kier molecular flexibility index (Phi) is 3.26. The SMILES string of the molecule is CN1CCCCC1c1nc2n(n1)CCCC2C(=O)O. The van der Waals surface area contributed by atoms with Crippen molar-refractivity contribution in [2.45, 2.75) is 50.6 Å². The minimum atomic E-state index is -0.781. The van der Waals surface area contributed by atoms with E-state index in [4.69, 9.17) is 0 Å². The van der Waals surface area contributed by atoms with Crippen molar-refractivity contribution in [2.75, 3.05) is 13.6 Å². The zero-order chi connectivity index (χ0) is 13.4. The summed E-state index contributed by atoms with van der Waals surface area (Å²) in [6, 6.07) is 0.251. The van der Waals surface area contributed by atoms with E-state index in [1.54, 1.807) is 4.68 Å². The molecule has 1 aromatic rings. The molecule has 19 heavy (non-hydrogen) atoms. The van der Waals surface area contributed by atoms with Gasteiger partial charge in [0.2, 0.25) is 0 Å². The number of fused-ring (bicyclic) bond motifs is 1. The predicted octanol–water partition coefficient (Wildman–Crippen LogP) is 1.40. The lowest BCUT2D eigenvalue weighted by molar-refractivity contribution is -0.139. The molecule has 0 spiro atoms. The van der Waals surface area contributed by atoms with Crippen LogP contribution in [0.5, 0.6) is 0 Å². The van der Waals surface area contributed by atoms with E-state index < -0.39 is 11.9 Å². The number of nitrogens with zero attached hydrogens (tertiary/aromatic N) is 4. The molecule has 1 saturated heterocycles. The zero-order valence-corrected chi connectivity index (χ0v) is 11.2. The van der Waals surface area contributed by atoms with Gasteiger partial charge in [-0.1, -0.05) is 6.42 Å². The van der Waals surface area contributed by atoms with Crippen LogP contribution in [0.4, 0.5) is 0 Å². The van der Waals surface area contributed by atoms with Gasteiger partial charge in [0.15, 0.2) is 5.82 Å². The highest BCUT2D eigenvalue weighted by Gasteiger charge is 2.32. The summed E-state index contributed by atoms with van der Waals surface area (Å²) in [5.74, 6) is 0.193. The molecule has 2 unspecified atom stereocenters. The van der Waals surface area contributed by atoms with Crippen molar-refractivity contribution in [3.05, 3.63) is 11.6 Å². The Morgan fingerprint density at radius 2 is 2.11 bits per heavy atom. The van der Waals surface area contributed by atoms with Gasteiger partial charge >= 0.3 is 5.97 Å². The molecule has 1 aromatic heterocycles. The average molecular weight is 264 g/mol. The second-order valence-electron chi connectivity index (χ2n) is 5.58. The highest BCUT2D eigenvalue weighted by Crippen LogP contribution is 2.31. The second kappa shape index (κ2) is 4.92. The van der Waals surface area contributed by atoms with Crippen molar-refractivity contribution in [2.24, 2.45) is 0 Å². The van der Waals surface area contributed by atoms with Gasteiger partial charge in [-0.05, 0) is 39.3 Å². The van der Waals surface area contributed by atoms with E-state index in [1.807, 2.05) is 0 Å². The molecule has 6 heteroatoms. The van der Waals surface area contributed by atoms with E-state index >= 15 is 0 Å². The Balaban J connectivity index is 1.90. The molecule has 0 radical (unpaired) electrons. The molecule has 2 aliphatic heterocycles. The molecule has 2 atom stereocenters. The molecule has 104 valence electrons. The van der Waals surface area contributed by atoms with Gasteiger partial charge in [0.25, 0.3) is 0 Å². The van der Waals surface area contributed by atoms with E-state index in [2.05, 4.69) is 22.0 Å². The molecule has 0 aromatic carbocycles. The third-order valence-electron chi connectivity index (χ3n) is 4.26. The molecule has 3 rings (SSSR count). The molecule has 6 nitrogen and oxygen atoms in total. The first-order valence-corrected chi connectivity index (χ1v) is 7.04. The normalized spacial score (nSPS) is 28.1. The maximum Gasteiger partial charge on any atom is 0.314 e. The highest BCUT2D eigenvalue weighted by molar-refractivity contribution is 5.75. The first-order valence-electron chi connectivity index (χ1n) is 7.04. The molecule has 3 heterocycles. The van der Waals surface area contributed by atoms with Gasteiger partial charge in [-0.3, -0.25) is 9.69 Å². The van der Waals surface area contributed by atoms with Crippen molar-refractivity contribution >= 4 is 5.97 Å². The molecule has 1 N–H and O–H groups in total. The van der Waals surface area contributed by atoms with Gasteiger partial charge < -0.3 is 5.11 Å². The van der Waals surface area contributed by atoms with Crippen LogP contribution >= 0.6 is 0 Å². The zero-order valence-electron chi connectivity index (χ0n) is 11.2. The van der Waals surface area contributed by atoms with Crippen LogP contribution in [-0.2, 0) is 11.3 Å². The summed E-state index contributed by atoms with van der Waals surface area (Å²) in [6.45, 7) is 1.86. The first kappa shape index (κ1) is 12.6. The minimum Gasteiger partial charge on any atom is -0.481 e. The Morgan fingerprint density at radius 3 is 2.84 bits per heavy atom. The van der Waals surface area contributed by atoms with Crippen LogP contribution in [0.1, 0.15) is 55.7 Å². The number of carboxylic acids is 1. The Bertz CT molecular complexity index is 485. The van der Waals surface area contributed by atoms with Crippen LogP contribution < -0.4 is 0 Å². The van der Waals surface area contributed by atoms with E-state index in [9.17, 15) is 9.90 Å². The molecule has 1 fully saturated rings. The Morgan fingerprint density at radius 1 is 1.26 bits per heavy atom. The molecule has 0 aliphatic carbocycles. The highest BCUT2D eigenvalue weighted by atomic mass is 16.4. The summed E-state index contributed by atoms with van der Waals surface area (Å²) in [7, 11) is 2.10. The number of piperidine rings is 1. The maximum atomic E-state index is 11.3. The fourth-order valence-electron chi connectivity index (χ4n) is 3.15. The number of carbonyl (C=O) groups is 1. The molecule has 0 saturated carbocycles. The smallest absolute Gasteiger partial charge is 0.314 e. The third kappa shape index (κ3) is 2.25. The van der Waals surface area contributed by atoms with Crippen molar-refractivity contribution in [1.82, 2.24) is 19.7 Å². The Hall–Kier alpha value is -1.43. The lowest BCUT2D eigenvalue weighted by Gasteiger charge is -2.30. The molecule has 0 amide bonds. The second-order valence-corrected chi connectivity index (χ2v) is 5.58. The summed E-state index contributed by atoms with van der Waals surface area (Å²) in [6.07, 6.45) is 5.03. The van der Waals surface area contributed by atoms with Gasteiger partial charge in [-0.25, -0.2) is 9.67 Å².